The number of hydrogen-bond acceptors (Lipinski definition) is 3. The van der Waals surface area contributed by atoms with Crippen LogP contribution in [0.4, 0.5) is 0 Å². The van der Waals surface area contributed by atoms with E-state index in [2.05, 4.69) is 6.92 Å². The summed E-state index contributed by atoms with van der Waals surface area (Å²) in [7, 11) is 0. The van der Waals surface area contributed by atoms with E-state index in [-0.39, 0.29) is 5.97 Å². The molecular formula is C16H22O3. The van der Waals surface area contributed by atoms with Crippen LogP contribution in [0.25, 0.3) is 5.57 Å². The normalized spacial score (nSPS) is 11.2. The summed E-state index contributed by atoms with van der Waals surface area (Å²) < 4.78 is 10.5. The first-order valence-electron chi connectivity index (χ1n) is 6.81. The molecule has 0 spiro atoms. The topological polar surface area (TPSA) is 35.5 Å². The summed E-state index contributed by atoms with van der Waals surface area (Å²) in [6.07, 6.45) is 3.34. The van der Waals surface area contributed by atoms with E-state index in [1.54, 1.807) is 13.0 Å². The standard InChI is InChI=1S/C16H22O3/c1-4-11-19-15-9-7-14(8-10-15)13(5-2)12-16(17)18-6-3/h7-10,12H,4-6,11H2,1-3H3. The molecule has 0 heterocycles. The summed E-state index contributed by atoms with van der Waals surface area (Å²) >= 11 is 0. The number of ether oxygens (including phenoxy) is 2. The second-order valence-corrected chi connectivity index (χ2v) is 4.15. The van der Waals surface area contributed by atoms with E-state index in [0.29, 0.717) is 6.61 Å². The molecule has 0 amide bonds. The van der Waals surface area contributed by atoms with Crippen LogP contribution in [0.5, 0.6) is 5.75 Å². The Kier molecular flexibility index (Phi) is 6.72. The van der Waals surface area contributed by atoms with E-state index in [1.807, 2.05) is 31.2 Å². The summed E-state index contributed by atoms with van der Waals surface area (Å²) in [4.78, 5) is 11.5. The van der Waals surface area contributed by atoms with Gasteiger partial charge in [0.25, 0.3) is 0 Å². The van der Waals surface area contributed by atoms with Gasteiger partial charge in [0.15, 0.2) is 0 Å². The summed E-state index contributed by atoms with van der Waals surface area (Å²) in [5.74, 6) is 0.572. The zero-order valence-corrected chi connectivity index (χ0v) is 11.9. The van der Waals surface area contributed by atoms with Crippen molar-refractivity contribution < 1.29 is 14.3 Å². The third-order valence-electron chi connectivity index (χ3n) is 2.66. The lowest BCUT2D eigenvalue weighted by molar-refractivity contribution is -0.137. The van der Waals surface area contributed by atoms with Crippen LogP contribution >= 0.6 is 0 Å². The molecule has 0 fully saturated rings. The Morgan fingerprint density at radius 1 is 1.16 bits per heavy atom. The number of carbonyl (C=O) groups is 1. The van der Waals surface area contributed by atoms with Crippen LogP contribution in [0.1, 0.15) is 39.2 Å². The Labute approximate surface area is 115 Å². The number of carbonyl (C=O) groups excluding carboxylic acids is 1. The van der Waals surface area contributed by atoms with Gasteiger partial charge in [-0.15, -0.1) is 0 Å². The zero-order chi connectivity index (χ0) is 14.1. The summed E-state index contributed by atoms with van der Waals surface area (Å²) in [5, 5.41) is 0. The fraction of sp³-hybridized carbons (Fsp3) is 0.438. The molecule has 1 aromatic rings. The molecule has 3 nitrogen and oxygen atoms in total. The van der Waals surface area contributed by atoms with Gasteiger partial charge in [-0.05, 0) is 43.0 Å². The van der Waals surface area contributed by atoms with E-state index in [4.69, 9.17) is 9.47 Å². The van der Waals surface area contributed by atoms with Gasteiger partial charge in [0, 0.05) is 6.08 Å². The van der Waals surface area contributed by atoms with Crippen molar-refractivity contribution in [3.8, 4) is 5.75 Å². The first-order chi connectivity index (χ1) is 9.21. The Bertz CT molecular complexity index is 418. The van der Waals surface area contributed by atoms with Crippen molar-refractivity contribution in [2.75, 3.05) is 13.2 Å². The predicted molar refractivity (Wildman–Crippen MR) is 77.1 cm³/mol. The molecule has 0 aliphatic carbocycles. The lowest BCUT2D eigenvalue weighted by Crippen LogP contribution is -2.01. The van der Waals surface area contributed by atoms with Crippen LogP contribution in [0.3, 0.4) is 0 Å². The second kappa shape index (κ2) is 8.35. The second-order valence-electron chi connectivity index (χ2n) is 4.15. The molecule has 0 aliphatic rings. The average molecular weight is 262 g/mol. The molecule has 0 unspecified atom stereocenters. The molecule has 0 aromatic heterocycles. The van der Waals surface area contributed by atoms with Gasteiger partial charge < -0.3 is 9.47 Å². The van der Waals surface area contributed by atoms with Crippen molar-refractivity contribution in [3.63, 3.8) is 0 Å². The lowest BCUT2D eigenvalue weighted by atomic mass is 10.0. The first kappa shape index (κ1) is 15.3. The minimum atomic E-state index is -0.286. The van der Waals surface area contributed by atoms with Crippen molar-refractivity contribution >= 4 is 11.5 Å². The maximum absolute atomic E-state index is 11.5. The van der Waals surface area contributed by atoms with Gasteiger partial charge in [-0.3, -0.25) is 0 Å². The van der Waals surface area contributed by atoms with Gasteiger partial charge >= 0.3 is 5.97 Å². The molecule has 104 valence electrons. The Morgan fingerprint density at radius 3 is 2.37 bits per heavy atom. The summed E-state index contributed by atoms with van der Waals surface area (Å²) in [6.45, 7) is 7.02. The van der Waals surface area contributed by atoms with E-state index in [1.165, 1.54) is 0 Å². The highest BCUT2D eigenvalue weighted by atomic mass is 16.5. The average Bonchev–Trinajstić information content (AvgIpc) is 2.43. The maximum Gasteiger partial charge on any atom is 0.331 e. The highest BCUT2D eigenvalue weighted by molar-refractivity contribution is 5.91. The molecule has 3 heteroatoms. The molecule has 0 saturated carbocycles. The SMILES string of the molecule is CCCOc1ccc(C(=CC(=O)OCC)CC)cc1. The Morgan fingerprint density at radius 2 is 1.84 bits per heavy atom. The minimum absolute atomic E-state index is 0.286. The van der Waals surface area contributed by atoms with Crippen LogP contribution in [0, 0.1) is 0 Å². The van der Waals surface area contributed by atoms with Gasteiger partial charge in [-0.2, -0.15) is 0 Å². The van der Waals surface area contributed by atoms with Gasteiger partial charge in [-0.25, -0.2) is 4.79 Å². The first-order valence-corrected chi connectivity index (χ1v) is 6.81. The molecule has 0 bridgehead atoms. The van der Waals surface area contributed by atoms with Crippen molar-refractivity contribution in [3.05, 3.63) is 35.9 Å². The highest BCUT2D eigenvalue weighted by Crippen LogP contribution is 2.21. The third kappa shape index (κ3) is 5.16. The van der Waals surface area contributed by atoms with Gasteiger partial charge in [0.05, 0.1) is 13.2 Å². The van der Waals surface area contributed by atoms with E-state index in [0.717, 1.165) is 36.3 Å². The van der Waals surface area contributed by atoms with Crippen LogP contribution in [-0.4, -0.2) is 19.2 Å². The number of benzene rings is 1. The highest BCUT2D eigenvalue weighted by Gasteiger charge is 2.04. The number of allylic oxidation sites excluding steroid dienone is 1. The quantitative estimate of drug-likeness (QED) is 0.553. The zero-order valence-electron chi connectivity index (χ0n) is 11.9. The summed E-state index contributed by atoms with van der Waals surface area (Å²) in [6, 6.07) is 7.80. The van der Waals surface area contributed by atoms with E-state index in [9.17, 15) is 4.79 Å². The smallest absolute Gasteiger partial charge is 0.331 e. The van der Waals surface area contributed by atoms with Crippen LogP contribution in [-0.2, 0) is 9.53 Å². The van der Waals surface area contributed by atoms with Gasteiger partial charge in [0.2, 0.25) is 0 Å². The Hall–Kier alpha value is -1.77. The molecule has 0 atom stereocenters. The predicted octanol–water partition coefficient (Wildman–Crippen LogP) is 3.83. The van der Waals surface area contributed by atoms with Gasteiger partial charge in [-0.1, -0.05) is 26.0 Å². The monoisotopic (exact) mass is 262 g/mol. The maximum atomic E-state index is 11.5. The molecule has 1 aromatic carbocycles. The number of hydrogen-bond donors (Lipinski definition) is 0. The largest absolute Gasteiger partial charge is 0.494 e. The van der Waals surface area contributed by atoms with Crippen molar-refractivity contribution in [2.45, 2.75) is 33.6 Å². The Balaban J connectivity index is 2.79. The number of rotatable bonds is 7. The van der Waals surface area contributed by atoms with Crippen LogP contribution in [0.15, 0.2) is 30.3 Å². The molecule has 1 rings (SSSR count). The molecular weight excluding hydrogens is 240 g/mol. The molecule has 0 aliphatic heterocycles. The third-order valence-corrected chi connectivity index (χ3v) is 2.66. The van der Waals surface area contributed by atoms with Crippen LogP contribution < -0.4 is 4.74 Å². The van der Waals surface area contributed by atoms with Crippen molar-refractivity contribution in [1.82, 2.24) is 0 Å². The number of esters is 1. The molecule has 0 saturated heterocycles. The van der Waals surface area contributed by atoms with Crippen LogP contribution in [0.2, 0.25) is 0 Å². The molecule has 0 radical (unpaired) electrons. The molecule has 19 heavy (non-hydrogen) atoms. The van der Waals surface area contributed by atoms with Crippen molar-refractivity contribution in [1.29, 1.82) is 0 Å². The van der Waals surface area contributed by atoms with Gasteiger partial charge in [0.1, 0.15) is 5.75 Å². The van der Waals surface area contributed by atoms with Crippen molar-refractivity contribution in [2.24, 2.45) is 0 Å². The summed E-state index contributed by atoms with van der Waals surface area (Å²) in [5.41, 5.74) is 2.00. The fourth-order valence-electron chi connectivity index (χ4n) is 1.70. The fourth-order valence-corrected chi connectivity index (χ4v) is 1.70. The lowest BCUT2D eigenvalue weighted by Gasteiger charge is -2.08. The molecule has 0 N–H and O–H groups in total. The van der Waals surface area contributed by atoms with E-state index < -0.39 is 0 Å². The minimum Gasteiger partial charge on any atom is -0.494 e. The van der Waals surface area contributed by atoms with E-state index >= 15 is 0 Å².